The molecule has 0 spiro atoms. The second-order valence-corrected chi connectivity index (χ2v) is 4.90. The molecule has 0 saturated carbocycles. The van der Waals surface area contributed by atoms with Gasteiger partial charge >= 0.3 is 0 Å². The van der Waals surface area contributed by atoms with E-state index in [9.17, 15) is 0 Å². The lowest BCUT2D eigenvalue weighted by Crippen LogP contribution is -2.24. The maximum absolute atomic E-state index is 8.89. The van der Waals surface area contributed by atoms with Crippen molar-refractivity contribution in [2.45, 2.75) is 32.5 Å². The summed E-state index contributed by atoms with van der Waals surface area (Å²) in [6.07, 6.45) is 0.809. The first kappa shape index (κ1) is 15.5. The Morgan fingerprint density at radius 2 is 2.00 bits per heavy atom. The monoisotopic (exact) mass is 263 g/mol. The average Bonchev–Trinajstić information content (AvgIpc) is 2.43. The van der Waals surface area contributed by atoms with Gasteiger partial charge in [-0.1, -0.05) is 0 Å². The molecule has 0 amide bonds. The third-order valence-electron chi connectivity index (χ3n) is 3.07. The van der Waals surface area contributed by atoms with E-state index in [1.54, 1.807) is 32.4 Å². The molecule has 0 N–H and O–H groups in total. The summed E-state index contributed by atoms with van der Waals surface area (Å²) >= 11 is 0. The molecule has 0 aliphatic rings. The summed E-state index contributed by atoms with van der Waals surface area (Å²) in [5.41, 5.74) is 1.31. The highest BCUT2D eigenvalue weighted by molar-refractivity contribution is 5.41. The van der Waals surface area contributed by atoms with Gasteiger partial charge in [0, 0.05) is 19.3 Å². The van der Waals surface area contributed by atoms with E-state index < -0.39 is 0 Å². The van der Waals surface area contributed by atoms with Gasteiger partial charge in [-0.05, 0) is 38.5 Å². The van der Waals surface area contributed by atoms with Crippen molar-refractivity contribution in [3.8, 4) is 11.8 Å². The van der Waals surface area contributed by atoms with Crippen LogP contribution >= 0.6 is 0 Å². The van der Waals surface area contributed by atoms with E-state index in [-0.39, 0.29) is 5.60 Å². The molecular formula is C15H21NO3. The summed E-state index contributed by atoms with van der Waals surface area (Å²) in [7, 11) is 3.30. The normalized spacial score (nSPS) is 11.1. The molecule has 1 rings (SSSR count). The number of hydrogen-bond acceptors (Lipinski definition) is 4. The molecule has 104 valence electrons. The average molecular weight is 263 g/mol. The van der Waals surface area contributed by atoms with Gasteiger partial charge in [-0.2, -0.15) is 5.26 Å². The van der Waals surface area contributed by atoms with Crippen LogP contribution in [-0.4, -0.2) is 26.4 Å². The molecular weight excluding hydrogens is 242 g/mol. The Morgan fingerprint density at radius 3 is 2.58 bits per heavy atom. The Morgan fingerprint density at radius 1 is 1.26 bits per heavy atom. The minimum absolute atomic E-state index is 0.182. The second kappa shape index (κ2) is 7.13. The molecule has 0 saturated heterocycles. The van der Waals surface area contributed by atoms with Crippen LogP contribution in [0.25, 0.3) is 0 Å². The van der Waals surface area contributed by atoms with Gasteiger partial charge in [-0.15, -0.1) is 0 Å². The van der Waals surface area contributed by atoms with Crippen molar-refractivity contribution >= 4 is 0 Å². The van der Waals surface area contributed by atoms with Crippen LogP contribution in [0.3, 0.4) is 0 Å². The van der Waals surface area contributed by atoms with Gasteiger partial charge in [0.15, 0.2) is 0 Å². The van der Waals surface area contributed by atoms with E-state index in [4.69, 9.17) is 19.5 Å². The van der Waals surface area contributed by atoms with Crippen LogP contribution in [0.2, 0.25) is 0 Å². The molecule has 0 radical (unpaired) electrons. The summed E-state index contributed by atoms with van der Waals surface area (Å²) in [5.74, 6) is 0.741. The van der Waals surface area contributed by atoms with Crippen LogP contribution in [0.5, 0.6) is 5.75 Å². The third kappa shape index (κ3) is 4.90. The van der Waals surface area contributed by atoms with Crippen LogP contribution in [0.1, 0.15) is 31.4 Å². The van der Waals surface area contributed by atoms with Crippen LogP contribution in [0.4, 0.5) is 0 Å². The SMILES string of the molecule is COc1ccc(C#N)cc1COCCC(C)(C)OC. The van der Waals surface area contributed by atoms with E-state index >= 15 is 0 Å². The number of rotatable bonds is 7. The van der Waals surface area contributed by atoms with E-state index in [0.29, 0.717) is 18.8 Å². The molecule has 0 heterocycles. The zero-order chi connectivity index (χ0) is 14.3. The highest BCUT2D eigenvalue weighted by Gasteiger charge is 2.15. The topological polar surface area (TPSA) is 51.5 Å². The summed E-state index contributed by atoms with van der Waals surface area (Å²) in [6, 6.07) is 7.42. The van der Waals surface area contributed by atoms with E-state index in [2.05, 4.69) is 6.07 Å². The maximum atomic E-state index is 8.89. The van der Waals surface area contributed by atoms with Crippen molar-refractivity contribution in [1.82, 2.24) is 0 Å². The summed E-state index contributed by atoms with van der Waals surface area (Å²) in [4.78, 5) is 0. The van der Waals surface area contributed by atoms with Gasteiger partial charge in [-0.25, -0.2) is 0 Å². The Kier molecular flexibility index (Phi) is 5.81. The summed E-state index contributed by atoms with van der Waals surface area (Å²) in [5, 5.41) is 8.89. The van der Waals surface area contributed by atoms with Crippen LogP contribution in [0, 0.1) is 11.3 Å². The zero-order valence-electron chi connectivity index (χ0n) is 12.0. The molecule has 19 heavy (non-hydrogen) atoms. The molecule has 0 aliphatic carbocycles. The zero-order valence-corrected chi connectivity index (χ0v) is 12.0. The lowest BCUT2D eigenvalue weighted by atomic mass is 10.1. The lowest BCUT2D eigenvalue weighted by molar-refractivity contribution is -0.0126. The Balaban J connectivity index is 2.55. The highest BCUT2D eigenvalue weighted by Crippen LogP contribution is 2.21. The van der Waals surface area contributed by atoms with Gasteiger partial charge in [-0.3, -0.25) is 0 Å². The largest absolute Gasteiger partial charge is 0.496 e. The molecule has 0 aromatic heterocycles. The maximum Gasteiger partial charge on any atom is 0.124 e. The lowest BCUT2D eigenvalue weighted by Gasteiger charge is -2.22. The number of methoxy groups -OCH3 is 2. The number of ether oxygens (including phenoxy) is 3. The number of benzene rings is 1. The molecule has 4 nitrogen and oxygen atoms in total. The van der Waals surface area contributed by atoms with Crippen LogP contribution in [-0.2, 0) is 16.1 Å². The third-order valence-corrected chi connectivity index (χ3v) is 3.07. The minimum Gasteiger partial charge on any atom is -0.496 e. The first-order chi connectivity index (χ1) is 9.02. The van der Waals surface area contributed by atoms with Gasteiger partial charge in [0.25, 0.3) is 0 Å². The van der Waals surface area contributed by atoms with E-state index in [1.807, 2.05) is 13.8 Å². The summed E-state index contributed by atoms with van der Waals surface area (Å²) in [6.45, 7) is 5.07. The van der Waals surface area contributed by atoms with Crippen molar-refractivity contribution in [1.29, 1.82) is 5.26 Å². The van der Waals surface area contributed by atoms with Crippen LogP contribution < -0.4 is 4.74 Å². The molecule has 0 atom stereocenters. The predicted molar refractivity (Wildman–Crippen MR) is 73.1 cm³/mol. The van der Waals surface area contributed by atoms with Crippen molar-refractivity contribution < 1.29 is 14.2 Å². The van der Waals surface area contributed by atoms with Gasteiger partial charge in [0.05, 0.1) is 31.0 Å². The fourth-order valence-electron chi connectivity index (χ4n) is 1.56. The molecule has 1 aromatic rings. The number of nitrogens with zero attached hydrogens (tertiary/aromatic N) is 1. The Hall–Kier alpha value is -1.57. The van der Waals surface area contributed by atoms with E-state index in [1.165, 1.54) is 0 Å². The first-order valence-electron chi connectivity index (χ1n) is 6.22. The quantitative estimate of drug-likeness (QED) is 0.710. The minimum atomic E-state index is -0.182. The molecule has 0 fully saturated rings. The number of nitriles is 1. The van der Waals surface area contributed by atoms with E-state index in [0.717, 1.165) is 17.7 Å². The smallest absolute Gasteiger partial charge is 0.124 e. The molecule has 4 heteroatoms. The summed E-state index contributed by atoms with van der Waals surface area (Å²) < 4.78 is 16.2. The van der Waals surface area contributed by atoms with Crippen molar-refractivity contribution in [3.05, 3.63) is 29.3 Å². The van der Waals surface area contributed by atoms with Crippen molar-refractivity contribution in [2.75, 3.05) is 20.8 Å². The Bertz CT molecular complexity index is 449. The molecule has 1 aromatic carbocycles. The van der Waals surface area contributed by atoms with Gasteiger partial charge in [0.1, 0.15) is 5.75 Å². The standard InChI is InChI=1S/C15H21NO3/c1-15(2,18-4)7-8-19-11-13-9-12(10-16)5-6-14(13)17-3/h5-6,9H,7-8,11H2,1-4H3. The van der Waals surface area contributed by atoms with Gasteiger partial charge in [0.2, 0.25) is 0 Å². The Labute approximate surface area is 114 Å². The molecule has 0 bridgehead atoms. The molecule has 0 unspecified atom stereocenters. The predicted octanol–water partition coefficient (Wildman–Crippen LogP) is 2.90. The van der Waals surface area contributed by atoms with Crippen LogP contribution in [0.15, 0.2) is 18.2 Å². The second-order valence-electron chi connectivity index (χ2n) is 4.90. The van der Waals surface area contributed by atoms with Gasteiger partial charge < -0.3 is 14.2 Å². The van der Waals surface area contributed by atoms with Crippen molar-refractivity contribution in [3.63, 3.8) is 0 Å². The van der Waals surface area contributed by atoms with Crippen molar-refractivity contribution in [2.24, 2.45) is 0 Å². The number of hydrogen-bond donors (Lipinski definition) is 0. The fraction of sp³-hybridized carbons (Fsp3) is 0.533. The molecule has 0 aliphatic heterocycles. The fourth-order valence-corrected chi connectivity index (χ4v) is 1.56. The first-order valence-corrected chi connectivity index (χ1v) is 6.22. The highest BCUT2D eigenvalue weighted by atomic mass is 16.5.